The van der Waals surface area contributed by atoms with E-state index in [2.05, 4.69) is 27.0 Å². The summed E-state index contributed by atoms with van der Waals surface area (Å²) in [6.45, 7) is 2.00. The number of hydrogen-bond donors (Lipinski definition) is 0. The summed E-state index contributed by atoms with van der Waals surface area (Å²) in [4.78, 5) is 6.39. The van der Waals surface area contributed by atoms with Gasteiger partial charge in [0.1, 0.15) is 5.82 Å². The number of anilines is 2. The number of aromatic nitrogens is 1. The molecular weight excluding hydrogens is 290 g/mol. The Bertz CT molecular complexity index is 599. The van der Waals surface area contributed by atoms with Crippen LogP contribution in [0.1, 0.15) is 11.1 Å². The predicted octanol–water partition coefficient (Wildman–Crippen LogP) is 3.79. The van der Waals surface area contributed by atoms with E-state index in [0.717, 1.165) is 21.5 Å². The van der Waals surface area contributed by atoms with Crippen LogP contribution in [0.15, 0.2) is 41.0 Å². The molecule has 0 aliphatic carbocycles. The number of hydrogen-bond acceptors (Lipinski definition) is 3. The largest absolute Gasteiger partial charge is 0.329 e. The van der Waals surface area contributed by atoms with E-state index < -0.39 is 0 Å². The molecule has 1 aromatic carbocycles. The van der Waals surface area contributed by atoms with Crippen LogP contribution in [0.2, 0.25) is 0 Å². The van der Waals surface area contributed by atoms with Crippen molar-refractivity contribution in [2.45, 2.75) is 6.92 Å². The maximum Gasteiger partial charge on any atom is 0.147 e. The molecule has 0 amide bonds. The van der Waals surface area contributed by atoms with E-state index in [0.29, 0.717) is 5.56 Å². The van der Waals surface area contributed by atoms with Crippen LogP contribution in [0, 0.1) is 18.3 Å². The van der Waals surface area contributed by atoms with Gasteiger partial charge in [0.2, 0.25) is 0 Å². The van der Waals surface area contributed by atoms with E-state index in [1.165, 1.54) is 0 Å². The zero-order chi connectivity index (χ0) is 13.1. The first-order chi connectivity index (χ1) is 8.61. The van der Waals surface area contributed by atoms with Crippen molar-refractivity contribution in [3.05, 3.63) is 52.1 Å². The number of benzene rings is 1. The highest BCUT2D eigenvalue weighted by atomic mass is 79.9. The molecule has 0 N–H and O–H groups in total. The van der Waals surface area contributed by atoms with Gasteiger partial charge in [-0.15, -0.1) is 0 Å². The minimum absolute atomic E-state index is 0.656. The van der Waals surface area contributed by atoms with E-state index in [1.54, 1.807) is 12.1 Å². The molecular formula is C14H12BrN3. The SMILES string of the molecule is Cc1cnc(N(C)c2ccc(C#N)cc2)c(Br)c1. The van der Waals surface area contributed by atoms with Crippen molar-refractivity contribution >= 4 is 27.4 Å². The molecule has 0 aliphatic heterocycles. The smallest absolute Gasteiger partial charge is 0.147 e. The van der Waals surface area contributed by atoms with Crippen LogP contribution in [0.25, 0.3) is 0 Å². The van der Waals surface area contributed by atoms with Crippen molar-refractivity contribution in [3.63, 3.8) is 0 Å². The third-order valence-electron chi connectivity index (χ3n) is 2.66. The lowest BCUT2D eigenvalue weighted by Gasteiger charge is -2.19. The van der Waals surface area contributed by atoms with Crippen LogP contribution >= 0.6 is 15.9 Å². The van der Waals surface area contributed by atoms with Crippen LogP contribution in [0.3, 0.4) is 0 Å². The molecule has 18 heavy (non-hydrogen) atoms. The van der Waals surface area contributed by atoms with E-state index in [-0.39, 0.29) is 0 Å². The molecule has 0 spiro atoms. The first-order valence-corrected chi connectivity index (χ1v) is 6.27. The molecule has 0 saturated heterocycles. The topological polar surface area (TPSA) is 39.9 Å². The Labute approximate surface area is 115 Å². The highest BCUT2D eigenvalue weighted by molar-refractivity contribution is 9.10. The fourth-order valence-electron chi connectivity index (χ4n) is 1.66. The van der Waals surface area contributed by atoms with Crippen molar-refractivity contribution < 1.29 is 0 Å². The van der Waals surface area contributed by atoms with Crippen molar-refractivity contribution in [3.8, 4) is 6.07 Å². The van der Waals surface area contributed by atoms with E-state index in [1.807, 2.05) is 43.3 Å². The van der Waals surface area contributed by atoms with Crippen molar-refractivity contribution in [2.75, 3.05) is 11.9 Å². The lowest BCUT2D eigenvalue weighted by molar-refractivity contribution is 1.10. The lowest BCUT2D eigenvalue weighted by Crippen LogP contribution is -2.11. The van der Waals surface area contributed by atoms with Crippen LogP contribution in [0.4, 0.5) is 11.5 Å². The lowest BCUT2D eigenvalue weighted by atomic mass is 10.2. The summed E-state index contributed by atoms with van der Waals surface area (Å²) in [6.07, 6.45) is 1.83. The molecule has 0 aliphatic rings. The Balaban J connectivity index is 2.35. The molecule has 0 fully saturated rings. The molecule has 90 valence electrons. The highest BCUT2D eigenvalue weighted by Gasteiger charge is 2.09. The van der Waals surface area contributed by atoms with Crippen LogP contribution in [0.5, 0.6) is 0 Å². The third-order valence-corrected chi connectivity index (χ3v) is 3.24. The van der Waals surface area contributed by atoms with Gasteiger partial charge >= 0.3 is 0 Å². The zero-order valence-electron chi connectivity index (χ0n) is 10.2. The zero-order valence-corrected chi connectivity index (χ0v) is 11.8. The standard InChI is InChI=1S/C14H12BrN3/c1-10-7-13(15)14(17-9-10)18(2)12-5-3-11(8-16)4-6-12/h3-7,9H,1-2H3. The highest BCUT2D eigenvalue weighted by Crippen LogP contribution is 2.29. The minimum Gasteiger partial charge on any atom is -0.329 e. The summed E-state index contributed by atoms with van der Waals surface area (Å²) in [6, 6.07) is 11.6. The summed E-state index contributed by atoms with van der Waals surface area (Å²) in [5.41, 5.74) is 2.76. The van der Waals surface area contributed by atoms with Gasteiger partial charge in [0.25, 0.3) is 0 Å². The molecule has 2 aromatic rings. The van der Waals surface area contributed by atoms with Gasteiger partial charge in [0.05, 0.1) is 16.1 Å². The Hall–Kier alpha value is -1.86. The van der Waals surface area contributed by atoms with Crippen LogP contribution < -0.4 is 4.90 Å². The van der Waals surface area contributed by atoms with Gasteiger partial charge in [-0.2, -0.15) is 5.26 Å². The fourth-order valence-corrected chi connectivity index (χ4v) is 2.38. The summed E-state index contributed by atoms with van der Waals surface area (Å²) in [5.74, 6) is 0.852. The van der Waals surface area contributed by atoms with E-state index in [4.69, 9.17) is 5.26 Å². The number of pyridine rings is 1. The number of nitrogens with zero attached hydrogens (tertiary/aromatic N) is 3. The maximum absolute atomic E-state index is 8.78. The molecule has 0 radical (unpaired) electrons. The predicted molar refractivity (Wildman–Crippen MR) is 75.9 cm³/mol. The summed E-state index contributed by atoms with van der Waals surface area (Å²) in [7, 11) is 1.95. The number of nitriles is 1. The van der Waals surface area contributed by atoms with E-state index in [9.17, 15) is 0 Å². The van der Waals surface area contributed by atoms with Gasteiger partial charge in [-0.05, 0) is 58.7 Å². The number of aryl methyl sites for hydroxylation is 1. The molecule has 0 bridgehead atoms. The Morgan fingerprint density at radius 3 is 2.50 bits per heavy atom. The first-order valence-electron chi connectivity index (χ1n) is 5.48. The molecule has 1 aromatic heterocycles. The fraction of sp³-hybridized carbons (Fsp3) is 0.143. The second-order valence-electron chi connectivity index (χ2n) is 4.04. The van der Waals surface area contributed by atoms with E-state index >= 15 is 0 Å². The quantitative estimate of drug-likeness (QED) is 0.847. The van der Waals surface area contributed by atoms with Gasteiger partial charge < -0.3 is 4.90 Å². The van der Waals surface area contributed by atoms with Gasteiger partial charge in [-0.1, -0.05) is 0 Å². The second kappa shape index (κ2) is 5.19. The molecule has 2 rings (SSSR count). The second-order valence-corrected chi connectivity index (χ2v) is 4.89. The van der Waals surface area contributed by atoms with Crippen molar-refractivity contribution in [1.29, 1.82) is 5.26 Å². The monoisotopic (exact) mass is 301 g/mol. The first kappa shape index (κ1) is 12.6. The summed E-state index contributed by atoms with van der Waals surface area (Å²) in [5, 5.41) is 8.78. The Morgan fingerprint density at radius 2 is 1.94 bits per heavy atom. The number of rotatable bonds is 2. The molecule has 3 nitrogen and oxygen atoms in total. The maximum atomic E-state index is 8.78. The summed E-state index contributed by atoms with van der Waals surface area (Å²) >= 11 is 3.52. The van der Waals surface area contributed by atoms with Gasteiger partial charge in [-0.3, -0.25) is 0 Å². The molecule has 0 unspecified atom stereocenters. The van der Waals surface area contributed by atoms with Crippen LogP contribution in [-0.2, 0) is 0 Å². The molecule has 4 heteroatoms. The average Bonchev–Trinajstić information content (AvgIpc) is 2.38. The van der Waals surface area contributed by atoms with Gasteiger partial charge in [-0.25, -0.2) is 4.98 Å². The molecule has 1 heterocycles. The van der Waals surface area contributed by atoms with Crippen molar-refractivity contribution in [2.24, 2.45) is 0 Å². The van der Waals surface area contributed by atoms with Crippen molar-refractivity contribution in [1.82, 2.24) is 4.98 Å². The third kappa shape index (κ3) is 2.52. The molecule has 0 atom stereocenters. The van der Waals surface area contributed by atoms with Gasteiger partial charge in [0.15, 0.2) is 0 Å². The minimum atomic E-state index is 0.656. The molecule has 0 saturated carbocycles. The number of halogens is 1. The Kier molecular flexibility index (Phi) is 3.63. The van der Waals surface area contributed by atoms with Crippen LogP contribution in [-0.4, -0.2) is 12.0 Å². The summed E-state index contributed by atoms with van der Waals surface area (Å²) < 4.78 is 0.953. The average molecular weight is 302 g/mol. The normalized spacial score (nSPS) is 9.89. The van der Waals surface area contributed by atoms with Gasteiger partial charge in [0, 0.05) is 18.9 Å². The Morgan fingerprint density at radius 1 is 1.28 bits per heavy atom.